The van der Waals surface area contributed by atoms with Crippen molar-refractivity contribution in [3.05, 3.63) is 11.8 Å². The fourth-order valence-corrected chi connectivity index (χ4v) is 3.74. The molecule has 1 fully saturated rings. The van der Waals surface area contributed by atoms with Gasteiger partial charge < -0.3 is 9.47 Å². The Bertz CT molecular complexity index is 353. The van der Waals surface area contributed by atoms with Gasteiger partial charge >= 0.3 is 6.16 Å². The lowest BCUT2D eigenvalue weighted by Gasteiger charge is -2.35. The average Bonchev–Trinajstić information content (AvgIpc) is 2.54. The Hall–Kier alpha value is -0.990. The predicted octanol–water partition coefficient (Wildman–Crippen LogP) is 5.45. The molecule has 0 amide bonds. The molecule has 0 aliphatic heterocycles. The SMILES string of the molecule is CCCOC(=O)OC1=CCC(C2CCC(CC)CC2)CC1. The third-order valence-electron chi connectivity index (χ3n) is 5.18. The highest BCUT2D eigenvalue weighted by Gasteiger charge is 2.28. The first-order chi connectivity index (χ1) is 10.2. The zero-order chi connectivity index (χ0) is 15.1. The summed E-state index contributed by atoms with van der Waals surface area (Å²) in [4.78, 5) is 11.4. The van der Waals surface area contributed by atoms with Crippen molar-refractivity contribution in [1.82, 2.24) is 0 Å². The minimum atomic E-state index is -0.537. The summed E-state index contributed by atoms with van der Waals surface area (Å²) >= 11 is 0. The highest BCUT2D eigenvalue weighted by molar-refractivity contribution is 5.61. The van der Waals surface area contributed by atoms with Gasteiger partial charge in [0.15, 0.2) is 0 Å². The number of rotatable bonds is 5. The fourth-order valence-electron chi connectivity index (χ4n) is 3.74. The van der Waals surface area contributed by atoms with Gasteiger partial charge in [-0.05, 0) is 55.9 Å². The van der Waals surface area contributed by atoms with Crippen molar-refractivity contribution in [3.63, 3.8) is 0 Å². The molecule has 0 aromatic carbocycles. The van der Waals surface area contributed by atoms with Gasteiger partial charge in [0.05, 0.1) is 6.61 Å². The van der Waals surface area contributed by atoms with Crippen LogP contribution in [0.15, 0.2) is 11.8 Å². The Morgan fingerprint density at radius 1 is 1.14 bits per heavy atom. The van der Waals surface area contributed by atoms with Gasteiger partial charge in [-0.1, -0.05) is 33.1 Å². The smallest absolute Gasteiger partial charge is 0.434 e. The molecule has 1 atom stereocenters. The molecule has 0 spiro atoms. The van der Waals surface area contributed by atoms with Crippen LogP contribution in [0.4, 0.5) is 4.79 Å². The first kappa shape index (κ1) is 16.4. The van der Waals surface area contributed by atoms with Crippen LogP contribution in [0.25, 0.3) is 0 Å². The molecule has 21 heavy (non-hydrogen) atoms. The van der Waals surface area contributed by atoms with Crippen LogP contribution in [-0.2, 0) is 9.47 Å². The van der Waals surface area contributed by atoms with E-state index in [-0.39, 0.29) is 0 Å². The minimum Gasteiger partial charge on any atom is -0.434 e. The monoisotopic (exact) mass is 294 g/mol. The summed E-state index contributed by atoms with van der Waals surface area (Å²) in [5.74, 6) is 3.46. The summed E-state index contributed by atoms with van der Waals surface area (Å²) in [7, 11) is 0. The van der Waals surface area contributed by atoms with Crippen molar-refractivity contribution in [3.8, 4) is 0 Å². The van der Waals surface area contributed by atoms with Crippen molar-refractivity contribution < 1.29 is 14.3 Å². The first-order valence-corrected chi connectivity index (χ1v) is 8.76. The van der Waals surface area contributed by atoms with Crippen LogP contribution in [-0.4, -0.2) is 12.8 Å². The summed E-state index contributed by atoms with van der Waals surface area (Å²) in [6.45, 7) is 4.73. The molecule has 3 nitrogen and oxygen atoms in total. The number of hydrogen-bond donors (Lipinski definition) is 0. The maximum absolute atomic E-state index is 11.4. The van der Waals surface area contributed by atoms with Crippen molar-refractivity contribution in [2.24, 2.45) is 17.8 Å². The van der Waals surface area contributed by atoms with E-state index in [9.17, 15) is 4.79 Å². The molecule has 0 N–H and O–H groups in total. The summed E-state index contributed by atoms with van der Waals surface area (Å²) in [5.41, 5.74) is 0. The highest BCUT2D eigenvalue weighted by atomic mass is 16.7. The molecule has 3 heteroatoms. The Balaban J connectivity index is 1.73. The van der Waals surface area contributed by atoms with E-state index >= 15 is 0 Å². The van der Waals surface area contributed by atoms with Crippen LogP contribution in [0.3, 0.4) is 0 Å². The first-order valence-electron chi connectivity index (χ1n) is 8.76. The van der Waals surface area contributed by atoms with E-state index in [1.54, 1.807) is 0 Å². The van der Waals surface area contributed by atoms with E-state index in [0.29, 0.717) is 6.61 Å². The van der Waals surface area contributed by atoms with Gasteiger partial charge in [-0.2, -0.15) is 0 Å². The zero-order valence-corrected chi connectivity index (χ0v) is 13.6. The zero-order valence-electron chi connectivity index (χ0n) is 13.6. The fraction of sp³-hybridized carbons (Fsp3) is 0.833. The second-order valence-corrected chi connectivity index (χ2v) is 6.59. The van der Waals surface area contributed by atoms with E-state index in [4.69, 9.17) is 9.47 Å². The molecule has 0 saturated heterocycles. The number of allylic oxidation sites excluding steroid dienone is 2. The lowest BCUT2D eigenvalue weighted by molar-refractivity contribution is 0.0714. The van der Waals surface area contributed by atoms with Crippen molar-refractivity contribution in [1.29, 1.82) is 0 Å². The third-order valence-corrected chi connectivity index (χ3v) is 5.18. The summed E-state index contributed by atoms with van der Waals surface area (Å²) in [6, 6.07) is 0. The standard InChI is InChI=1S/C18H30O3/c1-3-13-20-18(19)21-17-11-9-16(10-12-17)15-7-5-14(4-2)6-8-15/h11,14-16H,3-10,12-13H2,1-2H3. The maximum Gasteiger partial charge on any atom is 0.513 e. The second-order valence-electron chi connectivity index (χ2n) is 6.59. The predicted molar refractivity (Wildman–Crippen MR) is 83.9 cm³/mol. The molecule has 120 valence electrons. The Morgan fingerprint density at radius 2 is 1.90 bits per heavy atom. The largest absolute Gasteiger partial charge is 0.513 e. The van der Waals surface area contributed by atoms with Gasteiger partial charge in [0.2, 0.25) is 0 Å². The number of carbonyl (C=O) groups excluding carboxylic acids is 1. The van der Waals surface area contributed by atoms with Gasteiger partial charge in [0.25, 0.3) is 0 Å². The second kappa shape index (κ2) is 8.45. The summed E-state index contributed by atoms with van der Waals surface area (Å²) in [5, 5.41) is 0. The Labute approximate surface area is 129 Å². The summed E-state index contributed by atoms with van der Waals surface area (Å²) in [6.07, 6.45) is 12.5. The molecule has 0 aromatic rings. The lowest BCUT2D eigenvalue weighted by atomic mass is 9.71. The van der Waals surface area contributed by atoms with Crippen LogP contribution < -0.4 is 0 Å². The van der Waals surface area contributed by atoms with E-state index in [1.165, 1.54) is 32.1 Å². The van der Waals surface area contributed by atoms with Gasteiger partial charge in [0, 0.05) is 6.42 Å². The van der Waals surface area contributed by atoms with E-state index in [2.05, 4.69) is 13.0 Å². The van der Waals surface area contributed by atoms with Gasteiger partial charge in [-0.15, -0.1) is 0 Å². The molecule has 2 aliphatic rings. The van der Waals surface area contributed by atoms with Crippen LogP contribution >= 0.6 is 0 Å². The van der Waals surface area contributed by atoms with Gasteiger partial charge in [-0.3, -0.25) is 0 Å². The molecule has 0 radical (unpaired) electrons. The molecular formula is C18H30O3. The molecular weight excluding hydrogens is 264 g/mol. The van der Waals surface area contributed by atoms with E-state index < -0.39 is 6.16 Å². The topological polar surface area (TPSA) is 35.5 Å². The van der Waals surface area contributed by atoms with Crippen molar-refractivity contribution in [2.75, 3.05) is 6.61 Å². The van der Waals surface area contributed by atoms with Crippen molar-refractivity contribution in [2.45, 2.75) is 71.6 Å². The molecule has 0 aromatic heterocycles. The van der Waals surface area contributed by atoms with Crippen LogP contribution in [0, 0.1) is 17.8 Å². The van der Waals surface area contributed by atoms with Crippen LogP contribution in [0.1, 0.15) is 71.6 Å². The Kier molecular flexibility index (Phi) is 6.59. The molecule has 2 rings (SSSR count). The van der Waals surface area contributed by atoms with E-state index in [0.717, 1.165) is 49.2 Å². The maximum atomic E-state index is 11.4. The average molecular weight is 294 g/mol. The molecule has 0 bridgehead atoms. The van der Waals surface area contributed by atoms with Crippen LogP contribution in [0.2, 0.25) is 0 Å². The third kappa shape index (κ3) is 5.05. The molecule has 2 aliphatic carbocycles. The van der Waals surface area contributed by atoms with E-state index in [1.807, 2.05) is 6.92 Å². The quantitative estimate of drug-likeness (QED) is 0.632. The molecule has 0 heterocycles. The Morgan fingerprint density at radius 3 is 2.48 bits per heavy atom. The molecule has 1 unspecified atom stereocenters. The number of hydrogen-bond acceptors (Lipinski definition) is 3. The van der Waals surface area contributed by atoms with Crippen LogP contribution in [0.5, 0.6) is 0 Å². The minimum absolute atomic E-state index is 0.440. The van der Waals surface area contributed by atoms with Crippen molar-refractivity contribution >= 4 is 6.16 Å². The summed E-state index contributed by atoms with van der Waals surface area (Å²) < 4.78 is 10.2. The molecule has 1 saturated carbocycles. The number of carbonyl (C=O) groups is 1. The van der Waals surface area contributed by atoms with Gasteiger partial charge in [-0.25, -0.2) is 4.79 Å². The highest BCUT2D eigenvalue weighted by Crippen LogP contribution is 2.40. The normalized spacial score (nSPS) is 29.6. The van der Waals surface area contributed by atoms with Gasteiger partial charge in [0.1, 0.15) is 5.76 Å². The number of ether oxygens (including phenoxy) is 2. The lowest BCUT2D eigenvalue weighted by Crippen LogP contribution is -2.23.